The lowest BCUT2D eigenvalue weighted by molar-refractivity contribution is -0.123. The zero-order chi connectivity index (χ0) is 12.8. The first-order chi connectivity index (χ1) is 8.02. The van der Waals surface area contributed by atoms with Gasteiger partial charge < -0.3 is 9.84 Å². The van der Waals surface area contributed by atoms with Crippen molar-refractivity contribution >= 4 is 5.91 Å². The van der Waals surface area contributed by atoms with Crippen LogP contribution in [0.15, 0.2) is 4.52 Å². The van der Waals surface area contributed by atoms with Gasteiger partial charge in [-0.05, 0) is 20.3 Å². The minimum atomic E-state index is -0.275. The van der Waals surface area contributed by atoms with Crippen molar-refractivity contribution in [2.75, 3.05) is 0 Å². The molecule has 0 aromatic carbocycles. The summed E-state index contributed by atoms with van der Waals surface area (Å²) in [4.78, 5) is 15.7. The third-order valence-corrected chi connectivity index (χ3v) is 2.53. The number of hydrogen-bond donors (Lipinski definition) is 2. The molecule has 6 heteroatoms. The second kappa shape index (κ2) is 6.34. The number of carbonyl (C=O) groups is 1. The number of nitrogens with zero attached hydrogens (tertiary/aromatic N) is 2. The number of hydrogen-bond acceptors (Lipinski definition) is 5. The van der Waals surface area contributed by atoms with E-state index in [0.717, 1.165) is 6.42 Å². The van der Waals surface area contributed by atoms with Crippen LogP contribution in [0.3, 0.4) is 0 Å². The van der Waals surface area contributed by atoms with Crippen LogP contribution < -0.4 is 10.6 Å². The maximum absolute atomic E-state index is 11.7. The summed E-state index contributed by atoms with van der Waals surface area (Å²) in [5, 5.41) is 9.69. The lowest BCUT2D eigenvalue weighted by atomic mass is 10.2. The summed E-state index contributed by atoms with van der Waals surface area (Å²) < 4.78 is 4.84. The molecule has 0 spiro atoms. The lowest BCUT2D eigenvalue weighted by Crippen LogP contribution is -2.45. The van der Waals surface area contributed by atoms with Crippen LogP contribution in [0, 0.1) is 6.92 Å². The second-order valence-electron chi connectivity index (χ2n) is 4.15. The first kappa shape index (κ1) is 13.6. The van der Waals surface area contributed by atoms with E-state index in [9.17, 15) is 4.79 Å². The highest BCUT2D eigenvalue weighted by Crippen LogP contribution is 1.96. The fraction of sp³-hybridized carbons (Fsp3) is 0.727. The SMILES string of the molecule is CCC(C)NC(=O)C(C)NCc1noc(C)n1. The Morgan fingerprint density at radius 2 is 2.18 bits per heavy atom. The Balaban J connectivity index is 2.33. The third kappa shape index (κ3) is 4.52. The van der Waals surface area contributed by atoms with Gasteiger partial charge >= 0.3 is 0 Å². The van der Waals surface area contributed by atoms with Gasteiger partial charge in [-0.1, -0.05) is 12.1 Å². The van der Waals surface area contributed by atoms with Crippen LogP contribution >= 0.6 is 0 Å². The van der Waals surface area contributed by atoms with E-state index in [0.29, 0.717) is 18.3 Å². The second-order valence-corrected chi connectivity index (χ2v) is 4.15. The molecule has 1 rings (SSSR count). The highest BCUT2D eigenvalue weighted by molar-refractivity contribution is 5.81. The number of carbonyl (C=O) groups excluding carboxylic acids is 1. The van der Waals surface area contributed by atoms with E-state index in [1.807, 2.05) is 20.8 Å². The molecule has 0 aliphatic rings. The number of aryl methyl sites for hydroxylation is 1. The molecule has 2 N–H and O–H groups in total. The van der Waals surface area contributed by atoms with Crippen molar-refractivity contribution in [1.29, 1.82) is 0 Å². The van der Waals surface area contributed by atoms with E-state index >= 15 is 0 Å². The van der Waals surface area contributed by atoms with Crippen molar-refractivity contribution in [2.24, 2.45) is 0 Å². The van der Waals surface area contributed by atoms with E-state index < -0.39 is 0 Å². The minimum Gasteiger partial charge on any atom is -0.352 e. The Labute approximate surface area is 101 Å². The summed E-state index contributed by atoms with van der Waals surface area (Å²) >= 11 is 0. The fourth-order valence-electron chi connectivity index (χ4n) is 1.22. The fourth-order valence-corrected chi connectivity index (χ4v) is 1.22. The average molecular weight is 240 g/mol. The summed E-state index contributed by atoms with van der Waals surface area (Å²) in [5.74, 6) is 1.07. The van der Waals surface area contributed by atoms with E-state index in [1.165, 1.54) is 0 Å². The van der Waals surface area contributed by atoms with Gasteiger partial charge in [-0.3, -0.25) is 10.1 Å². The maximum atomic E-state index is 11.7. The predicted molar refractivity (Wildman–Crippen MR) is 63.2 cm³/mol. The first-order valence-electron chi connectivity index (χ1n) is 5.85. The Hall–Kier alpha value is -1.43. The zero-order valence-electron chi connectivity index (χ0n) is 10.8. The topological polar surface area (TPSA) is 80.0 Å². The molecule has 17 heavy (non-hydrogen) atoms. The molecule has 0 saturated carbocycles. The van der Waals surface area contributed by atoms with Crippen molar-refractivity contribution in [3.8, 4) is 0 Å². The van der Waals surface area contributed by atoms with Crippen molar-refractivity contribution in [3.63, 3.8) is 0 Å². The number of rotatable bonds is 6. The Bertz CT molecular complexity index is 364. The molecule has 1 aromatic rings. The van der Waals surface area contributed by atoms with Crippen LogP contribution in [0.25, 0.3) is 0 Å². The molecule has 0 fully saturated rings. The van der Waals surface area contributed by atoms with Gasteiger partial charge in [-0.15, -0.1) is 0 Å². The molecule has 0 aliphatic carbocycles. The summed E-state index contributed by atoms with van der Waals surface area (Å²) in [6.07, 6.45) is 0.919. The first-order valence-corrected chi connectivity index (χ1v) is 5.85. The van der Waals surface area contributed by atoms with E-state index in [2.05, 4.69) is 20.8 Å². The summed E-state index contributed by atoms with van der Waals surface area (Å²) in [6, 6.07) is -0.0815. The van der Waals surface area contributed by atoms with Crippen LogP contribution in [0.5, 0.6) is 0 Å². The molecular weight excluding hydrogens is 220 g/mol. The summed E-state index contributed by atoms with van der Waals surface area (Å²) in [7, 11) is 0. The van der Waals surface area contributed by atoms with Gasteiger partial charge in [0.25, 0.3) is 0 Å². The molecule has 0 radical (unpaired) electrons. The summed E-state index contributed by atoms with van der Waals surface area (Å²) in [5.41, 5.74) is 0. The Morgan fingerprint density at radius 1 is 1.47 bits per heavy atom. The molecule has 1 amide bonds. The van der Waals surface area contributed by atoms with Gasteiger partial charge in [-0.2, -0.15) is 4.98 Å². The van der Waals surface area contributed by atoms with E-state index in [4.69, 9.17) is 4.52 Å². The quantitative estimate of drug-likeness (QED) is 0.767. The van der Waals surface area contributed by atoms with Crippen molar-refractivity contribution < 1.29 is 9.32 Å². The normalized spacial score (nSPS) is 14.4. The smallest absolute Gasteiger partial charge is 0.237 e. The van der Waals surface area contributed by atoms with E-state index in [-0.39, 0.29) is 18.0 Å². The predicted octanol–water partition coefficient (Wildman–Crippen LogP) is 0.771. The molecule has 6 nitrogen and oxygen atoms in total. The maximum Gasteiger partial charge on any atom is 0.237 e. The third-order valence-electron chi connectivity index (χ3n) is 2.53. The average Bonchev–Trinajstić information content (AvgIpc) is 2.71. The van der Waals surface area contributed by atoms with Crippen molar-refractivity contribution in [2.45, 2.75) is 52.7 Å². The monoisotopic (exact) mass is 240 g/mol. The lowest BCUT2D eigenvalue weighted by Gasteiger charge is -2.16. The minimum absolute atomic E-state index is 0.0143. The zero-order valence-corrected chi connectivity index (χ0v) is 10.8. The van der Waals surface area contributed by atoms with Crippen molar-refractivity contribution in [3.05, 3.63) is 11.7 Å². The summed E-state index contributed by atoms with van der Waals surface area (Å²) in [6.45, 7) is 7.98. The number of nitrogens with one attached hydrogen (secondary N) is 2. The van der Waals surface area contributed by atoms with Gasteiger partial charge in [0.05, 0.1) is 12.6 Å². The molecule has 0 bridgehead atoms. The van der Waals surface area contributed by atoms with Gasteiger partial charge in [0.15, 0.2) is 5.82 Å². The van der Waals surface area contributed by atoms with Crippen LogP contribution in [-0.2, 0) is 11.3 Å². The highest BCUT2D eigenvalue weighted by Gasteiger charge is 2.14. The van der Waals surface area contributed by atoms with Gasteiger partial charge in [0.2, 0.25) is 11.8 Å². The standard InChI is InChI=1S/C11H20N4O2/c1-5-7(2)13-11(16)8(3)12-6-10-14-9(4)17-15-10/h7-8,12H,5-6H2,1-4H3,(H,13,16). The number of amides is 1. The molecule has 2 unspecified atom stereocenters. The highest BCUT2D eigenvalue weighted by atomic mass is 16.5. The van der Waals surface area contributed by atoms with Crippen LogP contribution in [0.4, 0.5) is 0 Å². The van der Waals surface area contributed by atoms with Crippen LogP contribution in [0.1, 0.15) is 38.9 Å². The van der Waals surface area contributed by atoms with Gasteiger partial charge in [0, 0.05) is 13.0 Å². The Morgan fingerprint density at radius 3 is 2.71 bits per heavy atom. The molecular formula is C11H20N4O2. The van der Waals surface area contributed by atoms with Crippen LogP contribution in [0.2, 0.25) is 0 Å². The molecule has 0 saturated heterocycles. The van der Waals surface area contributed by atoms with Gasteiger partial charge in [0.1, 0.15) is 0 Å². The molecule has 1 heterocycles. The number of aromatic nitrogens is 2. The Kier molecular flexibility index (Phi) is 5.09. The van der Waals surface area contributed by atoms with Gasteiger partial charge in [-0.25, -0.2) is 0 Å². The molecule has 1 aromatic heterocycles. The van der Waals surface area contributed by atoms with Crippen LogP contribution in [-0.4, -0.2) is 28.1 Å². The molecule has 2 atom stereocenters. The largest absolute Gasteiger partial charge is 0.352 e. The molecule has 96 valence electrons. The van der Waals surface area contributed by atoms with Crippen molar-refractivity contribution in [1.82, 2.24) is 20.8 Å². The van der Waals surface area contributed by atoms with E-state index in [1.54, 1.807) is 6.92 Å². The molecule has 0 aliphatic heterocycles.